The van der Waals surface area contributed by atoms with Gasteiger partial charge in [-0.1, -0.05) is 31.8 Å². The van der Waals surface area contributed by atoms with Gasteiger partial charge in [-0.15, -0.1) is 0 Å². The quantitative estimate of drug-likeness (QED) is 0.818. The molecule has 0 fully saturated rings. The molecule has 3 N–H and O–H groups in total. The Kier molecular flexibility index (Phi) is 6.98. The van der Waals surface area contributed by atoms with Crippen molar-refractivity contribution in [3.05, 3.63) is 34.9 Å². The van der Waals surface area contributed by atoms with Crippen LogP contribution >= 0.6 is 0 Å². The van der Waals surface area contributed by atoms with Crippen molar-refractivity contribution in [2.75, 3.05) is 6.54 Å². The number of hydrogen-bond donors (Lipinski definition) is 2. The van der Waals surface area contributed by atoms with Crippen LogP contribution < -0.4 is 11.1 Å². The summed E-state index contributed by atoms with van der Waals surface area (Å²) in [4.78, 5) is 12.4. The van der Waals surface area contributed by atoms with Crippen molar-refractivity contribution in [1.82, 2.24) is 5.32 Å². The predicted octanol–water partition coefficient (Wildman–Crippen LogP) is 2.86. The van der Waals surface area contributed by atoms with E-state index in [2.05, 4.69) is 31.0 Å². The van der Waals surface area contributed by atoms with Gasteiger partial charge in [-0.2, -0.15) is 0 Å². The lowest BCUT2D eigenvalue weighted by Crippen LogP contribution is -2.33. The Hall–Kier alpha value is -1.79. The van der Waals surface area contributed by atoms with Crippen LogP contribution in [0.25, 0.3) is 0 Å². The molecule has 1 aromatic rings. The Morgan fingerprint density at radius 3 is 2.62 bits per heavy atom. The average molecular weight is 286 g/mol. The minimum absolute atomic E-state index is 0.0624. The van der Waals surface area contributed by atoms with Crippen LogP contribution in [-0.4, -0.2) is 18.5 Å². The maximum atomic E-state index is 12.4. The van der Waals surface area contributed by atoms with Crippen LogP contribution in [0.15, 0.2) is 18.2 Å². The van der Waals surface area contributed by atoms with E-state index in [0.717, 1.165) is 24.0 Å². The third kappa shape index (κ3) is 6.01. The summed E-state index contributed by atoms with van der Waals surface area (Å²) in [5, 5.41) is 3.05. The molecular weight excluding hydrogens is 260 g/mol. The minimum Gasteiger partial charge on any atom is -0.350 e. The highest BCUT2D eigenvalue weighted by atomic mass is 16.1. The van der Waals surface area contributed by atoms with Crippen molar-refractivity contribution in [2.45, 2.75) is 46.6 Å². The third-order valence-corrected chi connectivity index (χ3v) is 3.30. The molecule has 1 rings (SSSR count). The number of nitrogens with one attached hydrogen (secondary N) is 1. The number of rotatable bonds is 5. The molecule has 1 unspecified atom stereocenters. The molecule has 0 spiro atoms. The van der Waals surface area contributed by atoms with Gasteiger partial charge in [0, 0.05) is 11.6 Å². The Balaban J connectivity index is 2.82. The van der Waals surface area contributed by atoms with Crippen LogP contribution in [0.4, 0.5) is 0 Å². The molecule has 3 nitrogen and oxygen atoms in total. The first-order valence-corrected chi connectivity index (χ1v) is 7.54. The topological polar surface area (TPSA) is 55.1 Å². The lowest BCUT2D eigenvalue weighted by molar-refractivity contribution is 0.0937. The third-order valence-electron chi connectivity index (χ3n) is 3.30. The fourth-order valence-corrected chi connectivity index (χ4v) is 2.06. The molecule has 0 radical (unpaired) electrons. The van der Waals surface area contributed by atoms with Gasteiger partial charge in [-0.25, -0.2) is 0 Å². The summed E-state index contributed by atoms with van der Waals surface area (Å²) in [6, 6.07) is 5.86. The Morgan fingerprint density at radius 1 is 1.29 bits per heavy atom. The lowest BCUT2D eigenvalue weighted by atomic mass is 10.0. The molecule has 0 aromatic heterocycles. The first-order valence-electron chi connectivity index (χ1n) is 7.54. The monoisotopic (exact) mass is 286 g/mol. The van der Waals surface area contributed by atoms with Gasteiger partial charge in [0.05, 0.1) is 12.1 Å². The smallest absolute Gasteiger partial charge is 0.252 e. The van der Waals surface area contributed by atoms with Gasteiger partial charge in [-0.3, -0.25) is 4.79 Å². The van der Waals surface area contributed by atoms with Gasteiger partial charge < -0.3 is 11.1 Å². The van der Waals surface area contributed by atoms with E-state index in [9.17, 15) is 4.79 Å². The first-order chi connectivity index (χ1) is 9.93. The van der Waals surface area contributed by atoms with E-state index in [4.69, 9.17) is 5.73 Å². The van der Waals surface area contributed by atoms with Crippen LogP contribution in [0, 0.1) is 24.7 Å². The molecule has 0 aliphatic rings. The van der Waals surface area contributed by atoms with Crippen LogP contribution in [0.3, 0.4) is 0 Å². The first kappa shape index (κ1) is 17.3. The highest BCUT2D eigenvalue weighted by Gasteiger charge is 2.13. The summed E-state index contributed by atoms with van der Waals surface area (Å²) >= 11 is 0. The fourth-order valence-electron chi connectivity index (χ4n) is 2.06. The number of amides is 1. The molecule has 114 valence electrons. The van der Waals surface area contributed by atoms with E-state index in [1.807, 2.05) is 32.0 Å². The lowest BCUT2D eigenvalue weighted by Gasteiger charge is -2.16. The van der Waals surface area contributed by atoms with Crippen molar-refractivity contribution in [1.29, 1.82) is 0 Å². The molecule has 0 aliphatic heterocycles. The van der Waals surface area contributed by atoms with Crippen molar-refractivity contribution < 1.29 is 4.79 Å². The number of nitrogens with two attached hydrogens (primary N) is 1. The highest BCUT2D eigenvalue weighted by Crippen LogP contribution is 2.12. The summed E-state index contributed by atoms with van der Waals surface area (Å²) in [7, 11) is 0. The Bertz CT molecular complexity index is 538. The van der Waals surface area contributed by atoms with Gasteiger partial charge in [0.25, 0.3) is 5.91 Å². The average Bonchev–Trinajstić information content (AvgIpc) is 2.42. The maximum absolute atomic E-state index is 12.4. The molecule has 0 saturated carbocycles. The van der Waals surface area contributed by atoms with E-state index < -0.39 is 0 Å². The van der Waals surface area contributed by atoms with Crippen molar-refractivity contribution >= 4 is 5.91 Å². The zero-order valence-corrected chi connectivity index (χ0v) is 13.5. The van der Waals surface area contributed by atoms with Crippen molar-refractivity contribution in [3.63, 3.8) is 0 Å². The van der Waals surface area contributed by atoms with Gasteiger partial charge in [0.15, 0.2) is 0 Å². The molecule has 3 heteroatoms. The molecule has 0 bridgehead atoms. The molecule has 0 aliphatic carbocycles. The van der Waals surface area contributed by atoms with E-state index in [1.165, 1.54) is 0 Å². The van der Waals surface area contributed by atoms with Gasteiger partial charge in [-0.05, 0) is 50.3 Å². The molecule has 21 heavy (non-hydrogen) atoms. The highest BCUT2D eigenvalue weighted by molar-refractivity contribution is 5.97. The number of hydrogen-bond acceptors (Lipinski definition) is 2. The second-order valence-electron chi connectivity index (χ2n) is 5.90. The SMILES string of the molecule is Cc1ccc(C(=O)NC(C)CCC(C)C)c(C#CCN)c1. The summed E-state index contributed by atoms with van der Waals surface area (Å²) in [5.41, 5.74) is 7.87. The zero-order chi connectivity index (χ0) is 15.8. The minimum atomic E-state index is -0.0624. The summed E-state index contributed by atoms with van der Waals surface area (Å²) in [6.07, 6.45) is 2.09. The fraction of sp³-hybridized carbons (Fsp3) is 0.500. The zero-order valence-electron chi connectivity index (χ0n) is 13.5. The molecule has 1 aromatic carbocycles. The van der Waals surface area contributed by atoms with Gasteiger partial charge in [0.2, 0.25) is 0 Å². The molecule has 1 amide bonds. The molecule has 1 atom stereocenters. The second kappa shape index (κ2) is 8.49. The Labute approximate surface area is 128 Å². The number of aryl methyl sites for hydroxylation is 1. The summed E-state index contributed by atoms with van der Waals surface area (Å²) in [6.45, 7) is 8.70. The predicted molar refractivity (Wildman–Crippen MR) is 88.1 cm³/mol. The normalized spacial score (nSPS) is 11.7. The molecule has 0 saturated heterocycles. The summed E-state index contributed by atoms with van der Waals surface area (Å²) in [5.74, 6) is 6.39. The Morgan fingerprint density at radius 2 is 2.00 bits per heavy atom. The largest absolute Gasteiger partial charge is 0.350 e. The van der Waals surface area contributed by atoms with Crippen LogP contribution in [0.5, 0.6) is 0 Å². The standard InChI is InChI=1S/C18H26N2O/c1-13(2)7-9-15(4)20-18(21)17-10-8-14(3)12-16(17)6-5-11-19/h8,10,12-13,15H,7,9,11,19H2,1-4H3,(H,20,21). The van der Waals surface area contributed by atoms with E-state index in [-0.39, 0.29) is 11.9 Å². The number of benzene rings is 1. The van der Waals surface area contributed by atoms with E-state index >= 15 is 0 Å². The van der Waals surface area contributed by atoms with E-state index in [1.54, 1.807) is 0 Å². The van der Waals surface area contributed by atoms with Crippen molar-refractivity contribution in [3.8, 4) is 11.8 Å². The van der Waals surface area contributed by atoms with Crippen LogP contribution in [-0.2, 0) is 0 Å². The number of carbonyl (C=O) groups is 1. The molecule has 0 heterocycles. The van der Waals surface area contributed by atoms with Crippen LogP contribution in [0.2, 0.25) is 0 Å². The number of carbonyl (C=O) groups excluding carboxylic acids is 1. The van der Waals surface area contributed by atoms with Gasteiger partial charge >= 0.3 is 0 Å². The molecular formula is C18H26N2O. The van der Waals surface area contributed by atoms with Crippen LogP contribution in [0.1, 0.15) is 55.1 Å². The second-order valence-corrected chi connectivity index (χ2v) is 5.90. The van der Waals surface area contributed by atoms with Gasteiger partial charge in [0.1, 0.15) is 0 Å². The van der Waals surface area contributed by atoms with E-state index in [0.29, 0.717) is 18.0 Å². The summed E-state index contributed by atoms with van der Waals surface area (Å²) < 4.78 is 0. The maximum Gasteiger partial charge on any atom is 0.252 e. The van der Waals surface area contributed by atoms with Crippen molar-refractivity contribution in [2.24, 2.45) is 11.7 Å².